The van der Waals surface area contributed by atoms with Crippen LogP contribution in [0.2, 0.25) is 0 Å². The Balaban J connectivity index is 1.47. The number of alkyl carbamates (subject to hydrolysis) is 1. The summed E-state index contributed by atoms with van der Waals surface area (Å²) in [6, 6.07) is 15.9. The smallest absolute Gasteiger partial charge is 0.408 e. The Hall–Kier alpha value is -3.39. The second-order valence-corrected chi connectivity index (χ2v) is 8.77. The number of carboxylic acids is 1. The number of fused-ring (bicyclic) bond motifs is 3. The molecular formula is C25H28N2O6. The molecule has 0 radical (unpaired) electrons. The van der Waals surface area contributed by atoms with E-state index in [0.29, 0.717) is 0 Å². The molecule has 1 saturated carbocycles. The number of rotatable bonds is 9. The van der Waals surface area contributed by atoms with Gasteiger partial charge in [0.15, 0.2) is 0 Å². The number of nitrogens with zero attached hydrogens (tertiary/aromatic N) is 1. The topological polar surface area (TPSA) is 105 Å². The molecule has 8 nitrogen and oxygen atoms in total. The van der Waals surface area contributed by atoms with Crippen LogP contribution in [0.25, 0.3) is 11.1 Å². The predicted molar refractivity (Wildman–Crippen MR) is 121 cm³/mol. The number of amides is 2. The second kappa shape index (κ2) is 9.23. The molecule has 0 bridgehead atoms. The van der Waals surface area contributed by atoms with Gasteiger partial charge in [0, 0.05) is 19.1 Å². The number of carboxylic acid groups (broad SMARTS) is 1. The molecule has 2 aliphatic carbocycles. The van der Waals surface area contributed by atoms with Gasteiger partial charge in [0.1, 0.15) is 18.7 Å². The van der Waals surface area contributed by atoms with Crippen LogP contribution in [0.15, 0.2) is 48.5 Å². The van der Waals surface area contributed by atoms with Gasteiger partial charge in [0.05, 0.1) is 6.61 Å². The molecule has 0 heterocycles. The highest BCUT2D eigenvalue weighted by atomic mass is 16.5. The zero-order chi connectivity index (χ0) is 23.6. The fourth-order valence-electron chi connectivity index (χ4n) is 4.52. The van der Waals surface area contributed by atoms with Crippen molar-refractivity contribution in [3.05, 3.63) is 59.7 Å². The summed E-state index contributed by atoms with van der Waals surface area (Å²) in [5.41, 5.74) is 2.97. The summed E-state index contributed by atoms with van der Waals surface area (Å²) in [5.74, 6) is -1.71. The molecule has 174 valence electrons. The monoisotopic (exact) mass is 452 g/mol. The first-order valence-electron chi connectivity index (χ1n) is 11.0. The Morgan fingerprint density at radius 2 is 1.64 bits per heavy atom. The summed E-state index contributed by atoms with van der Waals surface area (Å²) < 4.78 is 10.8. The van der Waals surface area contributed by atoms with Crippen LogP contribution in [0.5, 0.6) is 0 Å². The van der Waals surface area contributed by atoms with Crippen LogP contribution in [0, 0.1) is 0 Å². The molecular weight excluding hydrogens is 424 g/mol. The third-order valence-electron chi connectivity index (χ3n) is 6.18. The van der Waals surface area contributed by atoms with Gasteiger partial charge in [0.25, 0.3) is 5.91 Å². The molecule has 0 aromatic heterocycles. The third kappa shape index (κ3) is 4.71. The minimum Gasteiger partial charge on any atom is -0.480 e. The minimum atomic E-state index is -1.45. The van der Waals surface area contributed by atoms with Crippen molar-refractivity contribution in [1.82, 2.24) is 10.2 Å². The summed E-state index contributed by atoms with van der Waals surface area (Å²) >= 11 is 0. The van der Waals surface area contributed by atoms with Gasteiger partial charge in [-0.05, 0) is 42.0 Å². The Labute approximate surface area is 192 Å². The largest absolute Gasteiger partial charge is 0.480 e. The SMILES string of the molecule is COCC(C)(NC(=O)OCC1c2ccccc2-c2ccccc21)C(=O)N(CC(=O)O)C1CC1. The van der Waals surface area contributed by atoms with Gasteiger partial charge >= 0.3 is 12.1 Å². The molecule has 0 spiro atoms. The lowest BCUT2D eigenvalue weighted by Gasteiger charge is -2.34. The Morgan fingerprint density at radius 1 is 1.06 bits per heavy atom. The maximum Gasteiger partial charge on any atom is 0.408 e. The minimum absolute atomic E-state index is 0.109. The maximum absolute atomic E-state index is 13.2. The molecule has 4 rings (SSSR count). The first kappa shape index (κ1) is 22.8. The van der Waals surface area contributed by atoms with Crippen LogP contribution in [0.1, 0.15) is 36.8 Å². The summed E-state index contributed by atoms with van der Waals surface area (Å²) in [6.45, 7) is 1.10. The van der Waals surface area contributed by atoms with Crippen LogP contribution in [-0.2, 0) is 19.1 Å². The third-order valence-corrected chi connectivity index (χ3v) is 6.18. The van der Waals surface area contributed by atoms with Crippen LogP contribution >= 0.6 is 0 Å². The normalized spacial score (nSPS) is 16.3. The van der Waals surface area contributed by atoms with Gasteiger partial charge in [-0.15, -0.1) is 0 Å². The standard InChI is InChI=1S/C25H28N2O6/c1-25(15-32-2,23(30)27(13-22(28)29)16-11-12-16)26-24(31)33-14-21-19-9-5-3-7-17(19)18-8-4-6-10-20(18)21/h3-10,16,21H,11-15H2,1-2H3,(H,26,31)(H,28,29). The fraction of sp³-hybridized carbons (Fsp3) is 0.400. The number of nitrogens with one attached hydrogen (secondary N) is 1. The number of benzene rings is 2. The molecule has 2 aromatic rings. The van der Waals surface area contributed by atoms with E-state index in [2.05, 4.69) is 17.4 Å². The van der Waals surface area contributed by atoms with Crippen molar-refractivity contribution in [3.8, 4) is 11.1 Å². The number of aliphatic carboxylic acids is 1. The highest BCUT2D eigenvalue weighted by Gasteiger charge is 2.44. The number of methoxy groups -OCH3 is 1. The number of hydrogen-bond acceptors (Lipinski definition) is 5. The highest BCUT2D eigenvalue weighted by Crippen LogP contribution is 2.44. The lowest BCUT2D eigenvalue weighted by atomic mass is 9.98. The summed E-state index contributed by atoms with van der Waals surface area (Å²) in [6.07, 6.45) is 0.732. The van der Waals surface area contributed by atoms with Crippen LogP contribution in [-0.4, -0.2) is 66.4 Å². The Kier molecular flexibility index (Phi) is 6.37. The molecule has 8 heteroatoms. The average Bonchev–Trinajstić information content (AvgIpc) is 3.58. The Bertz CT molecular complexity index is 1020. The van der Waals surface area contributed by atoms with E-state index in [1.54, 1.807) is 0 Å². The molecule has 33 heavy (non-hydrogen) atoms. The van der Waals surface area contributed by atoms with Crippen molar-refractivity contribution in [2.45, 2.75) is 37.3 Å². The fourth-order valence-corrected chi connectivity index (χ4v) is 4.52. The lowest BCUT2D eigenvalue weighted by Crippen LogP contribution is -2.61. The second-order valence-electron chi connectivity index (χ2n) is 8.77. The van der Waals surface area contributed by atoms with E-state index < -0.39 is 30.1 Å². The number of carbonyl (C=O) groups is 3. The van der Waals surface area contributed by atoms with Gasteiger partial charge in [0.2, 0.25) is 0 Å². The first-order valence-corrected chi connectivity index (χ1v) is 11.0. The van der Waals surface area contributed by atoms with E-state index in [4.69, 9.17) is 9.47 Å². The molecule has 1 unspecified atom stereocenters. The first-order chi connectivity index (χ1) is 15.8. The molecule has 0 saturated heterocycles. The molecule has 1 atom stereocenters. The molecule has 0 aliphatic heterocycles. The van der Waals surface area contributed by atoms with Crippen molar-refractivity contribution >= 4 is 18.0 Å². The number of hydrogen-bond donors (Lipinski definition) is 2. The van der Waals surface area contributed by atoms with Crippen molar-refractivity contribution < 1.29 is 29.0 Å². The zero-order valence-electron chi connectivity index (χ0n) is 18.7. The number of ether oxygens (including phenoxy) is 2. The molecule has 1 fully saturated rings. The van der Waals surface area contributed by atoms with Gasteiger partial charge in [-0.3, -0.25) is 9.59 Å². The van der Waals surface area contributed by atoms with Crippen LogP contribution in [0.3, 0.4) is 0 Å². The predicted octanol–water partition coefficient (Wildman–Crippen LogP) is 3.01. The number of carbonyl (C=O) groups excluding carboxylic acids is 2. The van der Waals surface area contributed by atoms with E-state index in [9.17, 15) is 19.5 Å². The molecule has 2 amide bonds. The van der Waals surface area contributed by atoms with Crippen molar-refractivity contribution in [3.63, 3.8) is 0 Å². The maximum atomic E-state index is 13.2. The van der Waals surface area contributed by atoms with E-state index in [1.807, 2.05) is 36.4 Å². The zero-order valence-corrected chi connectivity index (χ0v) is 18.7. The van der Waals surface area contributed by atoms with Crippen LogP contribution < -0.4 is 5.32 Å². The van der Waals surface area contributed by atoms with Crippen molar-refractivity contribution in [2.24, 2.45) is 0 Å². The molecule has 2 aliphatic rings. The van der Waals surface area contributed by atoms with Crippen molar-refractivity contribution in [1.29, 1.82) is 0 Å². The lowest BCUT2D eigenvalue weighted by molar-refractivity contribution is -0.149. The van der Waals surface area contributed by atoms with Gasteiger partial charge < -0.3 is 24.8 Å². The highest BCUT2D eigenvalue weighted by molar-refractivity contribution is 5.92. The molecule has 2 N–H and O–H groups in total. The van der Waals surface area contributed by atoms with Crippen molar-refractivity contribution in [2.75, 3.05) is 26.9 Å². The summed E-state index contributed by atoms with van der Waals surface area (Å²) in [5, 5.41) is 11.8. The Morgan fingerprint density at radius 3 is 2.15 bits per heavy atom. The van der Waals surface area contributed by atoms with Gasteiger partial charge in [-0.2, -0.15) is 0 Å². The van der Waals surface area contributed by atoms with Crippen LogP contribution in [0.4, 0.5) is 4.79 Å². The quantitative estimate of drug-likeness (QED) is 0.606. The van der Waals surface area contributed by atoms with Gasteiger partial charge in [-0.1, -0.05) is 48.5 Å². The molecule has 2 aromatic carbocycles. The summed E-state index contributed by atoms with van der Waals surface area (Å²) in [7, 11) is 1.42. The van der Waals surface area contributed by atoms with E-state index >= 15 is 0 Å². The van der Waals surface area contributed by atoms with E-state index in [0.717, 1.165) is 35.1 Å². The van der Waals surface area contributed by atoms with Gasteiger partial charge in [-0.25, -0.2) is 4.79 Å². The average molecular weight is 453 g/mol. The van der Waals surface area contributed by atoms with E-state index in [1.165, 1.54) is 18.9 Å². The summed E-state index contributed by atoms with van der Waals surface area (Å²) in [4.78, 5) is 38.5. The van der Waals surface area contributed by atoms with E-state index in [-0.39, 0.29) is 25.2 Å².